The zero-order valence-corrected chi connectivity index (χ0v) is 14.9. The van der Waals surface area contributed by atoms with E-state index >= 15 is 0 Å². The second kappa shape index (κ2) is 7.47. The molecule has 1 amide bonds. The van der Waals surface area contributed by atoms with Crippen molar-refractivity contribution in [3.63, 3.8) is 0 Å². The first kappa shape index (κ1) is 17.1. The molecule has 25 heavy (non-hydrogen) atoms. The third-order valence-corrected chi connectivity index (χ3v) is 4.25. The van der Waals surface area contributed by atoms with Gasteiger partial charge in [-0.25, -0.2) is 4.98 Å². The van der Waals surface area contributed by atoms with Crippen molar-refractivity contribution < 1.29 is 4.79 Å². The average Bonchev–Trinajstić information content (AvgIpc) is 2.99. The van der Waals surface area contributed by atoms with Crippen molar-refractivity contribution in [1.29, 1.82) is 0 Å². The maximum absolute atomic E-state index is 12.4. The van der Waals surface area contributed by atoms with E-state index in [1.807, 2.05) is 31.2 Å². The van der Waals surface area contributed by atoms with Gasteiger partial charge >= 0.3 is 0 Å². The van der Waals surface area contributed by atoms with E-state index in [2.05, 4.69) is 34.8 Å². The number of aryl methyl sites for hydroxylation is 1. The van der Waals surface area contributed by atoms with Crippen LogP contribution in [0.15, 0.2) is 48.7 Å². The van der Waals surface area contributed by atoms with Gasteiger partial charge in [-0.3, -0.25) is 9.78 Å². The van der Waals surface area contributed by atoms with Crippen molar-refractivity contribution in [1.82, 2.24) is 19.9 Å². The zero-order valence-electron chi connectivity index (χ0n) is 14.9. The Bertz CT molecular complexity index is 855. The Morgan fingerprint density at radius 1 is 1.12 bits per heavy atom. The number of aromatic nitrogens is 3. The minimum atomic E-state index is -0.200. The van der Waals surface area contributed by atoms with Crippen LogP contribution in [0.25, 0.3) is 11.0 Å². The molecular formula is C20H24N4O. The predicted molar refractivity (Wildman–Crippen MR) is 99.3 cm³/mol. The number of carbonyl (C=O) groups excluding carboxylic acids is 1. The highest BCUT2D eigenvalue weighted by atomic mass is 16.1. The molecule has 0 saturated carbocycles. The summed E-state index contributed by atoms with van der Waals surface area (Å²) in [5, 5.41) is 3.02. The SMILES string of the molecule is CC(C)CCn1c(C(C)NC(=O)c2ccccn2)nc2ccccc21. The first-order valence-corrected chi connectivity index (χ1v) is 8.73. The first-order valence-electron chi connectivity index (χ1n) is 8.73. The summed E-state index contributed by atoms with van der Waals surface area (Å²) >= 11 is 0. The van der Waals surface area contributed by atoms with Crippen molar-refractivity contribution >= 4 is 16.9 Å². The van der Waals surface area contributed by atoms with Crippen molar-refractivity contribution in [3.05, 3.63) is 60.2 Å². The highest BCUT2D eigenvalue weighted by Crippen LogP contribution is 2.22. The number of amides is 1. The third kappa shape index (κ3) is 3.87. The molecule has 0 saturated heterocycles. The standard InChI is InChI=1S/C20H24N4O/c1-14(2)11-13-24-18-10-5-4-8-16(18)23-19(24)15(3)22-20(25)17-9-6-7-12-21-17/h4-10,12,14-15H,11,13H2,1-3H3,(H,22,25). The summed E-state index contributed by atoms with van der Waals surface area (Å²) in [6, 6.07) is 13.2. The van der Waals surface area contributed by atoms with Crippen LogP contribution in [0.4, 0.5) is 0 Å². The number of hydrogen-bond donors (Lipinski definition) is 1. The van der Waals surface area contributed by atoms with Crippen LogP contribution in [0, 0.1) is 5.92 Å². The second-order valence-corrected chi connectivity index (χ2v) is 6.70. The molecule has 5 nitrogen and oxygen atoms in total. The third-order valence-electron chi connectivity index (χ3n) is 4.25. The average molecular weight is 336 g/mol. The highest BCUT2D eigenvalue weighted by Gasteiger charge is 2.19. The topological polar surface area (TPSA) is 59.8 Å². The Balaban J connectivity index is 1.88. The molecule has 5 heteroatoms. The van der Waals surface area contributed by atoms with E-state index in [-0.39, 0.29) is 11.9 Å². The van der Waals surface area contributed by atoms with E-state index in [0.29, 0.717) is 11.6 Å². The van der Waals surface area contributed by atoms with Gasteiger partial charge in [-0.15, -0.1) is 0 Å². The Morgan fingerprint density at radius 2 is 1.88 bits per heavy atom. The van der Waals surface area contributed by atoms with Crippen molar-refractivity contribution in [3.8, 4) is 0 Å². The molecular weight excluding hydrogens is 312 g/mol. The van der Waals surface area contributed by atoms with Crippen LogP contribution in [0.3, 0.4) is 0 Å². The van der Waals surface area contributed by atoms with E-state index in [1.54, 1.807) is 18.3 Å². The van der Waals surface area contributed by atoms with E-state index < -0.39 is 0 Å². The molecule has 0 radical (unpaired) electrons. The number of para-hydroxylation sites is 2. The number of hydrogen-bond acceptors (Lipinski definition) is 3. The van der Waals surface area contributed by atoms with Crippen LogP contribution in [-0.2, 0) is 6.54 Å². The maximum atomic E-state index is 12.4. The van der Waals surface area contributed by atoms with E-state index in [9.17, 15) is 4.79 Å². The fourth-order valence-electron chi connectivity index (χ4n) is 2.88. The zero-order chi connectivity index (χ0) is 17.8. The minimum absolute atomic E-state index is 0.185. The number of nitrogens with zero attached hydrogens (tertiary/aromatic N) is 3. The summed E-state index contributed by atoms with van der Waals surface area (Å²) in [5.74, 6) is 1.30. The van der Waals surface area contributed by atoms with Crippen LogP contribution < -0.4 is 5.32 Å². The quantitative estimate of drug-likeness (QED) is 0.741. The monoisotopic (exact) mass is 336 g/mol. The summed E-state index contributed by atoms with van der Waals surface area (Å²) in [6.07, 6.45) is 2.69. The smallest absolute Gasteiger partial charge is 0.270 e. The van der Waals surface area contributed by atoms with Crippen molar-refractivity contribution in [2.24, 2.45) is 5.92 Å². The Labute approximate surface area is 148 Å². The lowest BCUT2D eigenvalue weighted by Gasteiger charge is -2.17. The summed E-state index contributed by atoms with van der Waals surface area (Å²) in [7, 11) is 0. The lowest BCUT2D eigenvalue weighted by Crippen LogP contribution is -2.29. The molecule has 130 valence electrons. The second-order valence-electron chi connectivity index (χ2n) is 6.70. The van der Waals surface area contributed by atoms with Gasteiger partial charge in [0.1, 0.15) is 11.5 Å². The van der Waals surface area contributed by atoms with Gasteiger partial charge in [-0.05, 0) is 43.5 Å². The van der Waals surface area contributed by atoms with Gasteiger partial charge in [0.25, 0.3) is 5.91 Å². The molecule has 3 rings (SSSR count). The van der Waals surface area contributed by atoms with Gasteiger partial charge in [-0.1, -0.05) is 32.0 Å². The molecule has 0 aliphatic heterocycles. The summed E-state index contributed by atoms with van der Waals surface area (Å²) < 4.78 is 2.22. The van der Waals surface area contributed by atoms with Gasteiger partial charge in [0, 0.05) is 12.7 Å². The van der Waals surface area contributed by atoms with E-state index in [0.717, 1.165) is 29.8 Å². The molecule has 0 bridgehead atoms. The number of rotatable bonds is 6. The van der Waals surface area contributed by atoms with Gasteiger partial charge in [0.15, 0.2) is 0 Å². The molecule has 3 aromatic rings. The summed E-state index contributed by atoms with van der Waals surface area (Å²) in [6.45, 7) is 7.28. The number of imidazole rings is 1. The fraction of sp³-hybridized carbons (Fsp3) is 0.350. The maximum Gasteiger partial charge on any atom is 0.270 e. The van der Waals surface area contributed by atoms with Gasteiger partial charge in [-0.2, -0.15) is 0 Å². The molecule has 2 heterocycles. The Kier molecular flexibility index (Phi) is 5.12. The van der Waals surface area contributed by atoms with Crippen LogP contribution in [-0.4, -0.2) is 20.4 Å². The largest absolute Gasteiger partial charge is 0.341 e. The lowest BCUT2D eigenvalue weighted by atomic mass is 10.1. The number of fused-ring (bicyclic) bond motifs is 1. The molecule has 1 unspecified atom stereocenters. The van der Waals surface area contributed by atoms with Gasteiger partial charge in [0.05, 0.1) is 17.1 Å². The van der Waals surface area contributed by atoms with Gasteiger partial charge < -0.3 is 9.88 Å². The van der Waals surface area contributed by atoms with Crippen LogP contribution >= 0.6 is 0 Å². The summed E-state index contributed by atoms with van der Waals surface area (Å²) in [4.78, 5) is 21.3. The number of pyridine rings is 1. The van der Waals surface area contributed by atoms with Crippen LogP contribution in [0.2, 0.25) is 0 Å². The van der Waals surface area contributed by atoms with E-state index in [4.69, 9.17) is 4.98 Å². The molecule has 1 N–H and O–H groups in total. The Morgan fingerprint density at radius 3 is 2.60 bits per heavy atom. The summed E-state index contributed by atoms with van der Waals surface area (Å²) in [5.41, 5.74) is 2.48. The minimum Gasteiger partial charge on any atom is -0.341 e. The molecule has 2 aromatic heterocycles. The molecule has 1 aromatic carbocycles. The molecule has 0 spiro atoms. The van der Waals surface area contributed by atoms with Crippen LogP contribution in [0.1, 0.15) is 49.5 Å². The Hall–Kier alpha value is -2.69. The predicted octanol–water partition coefficient (Wildman–Crippen LogP) is 3.97. The fourth-order valence-corrected chi connectivity index (χ4v) is 2.88. The normalized spacial score (nSPS) is 12.5. The molecule has 1 atom stereocenters. The van der Waals surface area contributed by atoms with Crippen molar-refractivity contribution in [2.75, 3.05) is 0 Å². The van der Waals surface area contributed by atoms with Gasteiger partial charge in [0.2, 0.25) is 0 Å². The number of nitrogens with one attached hydrogen (secondary N) is 1. The highest BCUT2D eigenvalue weighted by molar-refractivity contribution is 5.92. The molecule has 0 fully saturated rings. The first-order chi connectivity index (χ1) is 12.1. The van der Waals surface area contributed by atoms with Crippen molar-refractivity contribution in [2.45, 2.75) is 39.8 Å². The lowest BCUT2D eigenvalue weighted by molar-refractivity contribution is 0.0932. The number of carbonyl (C=O) groups is 1. The number of benzene rings is 1. The molecule has 0 aliphatic rings. The van der Waals surface area contributed by atoms with Crippen LogP contribution in [0.5, 0.6) is 0 Å². The molecule has 0 aliphatic carbocycles. The van der Waals surface area contributed by atoms with E-state index in [1.165, 1.54) is 0 Å².